The Balaban J connectivity index is 4.16. The average molecular weight is 417 g/mol. The van der Waals surface area contributed by atoms with Crippen molar-refractivity contribution in [2.24, 2.45) is 17.2 Å². The first-order valence-corrected chi connectivity index (χ1v) is 12.2. The topological polar surface area (TPSA) is 160 Å². The smallest absolute Gasteiger partial charge is 0.344 e. The second kappa shape index (κ2) is 13.9. The molecule has 148 valence electrons. The maximum atomic E-state index is 12.4. The van der Waals surface area contributed by atoms with Crippen molar-refractivity contribution in [2.45, 2.75) is 38.8 Å². The zero-order valence-corrected chi connectivity index (χ0v) is 17.2. The van der Waals surface area contributed by atoms with Gasteiger partial charge in [0.15, 0.2) is 0 Å². The standard InChI is InChI=1S/C13H29N4O5PS2/c1-3-21-23(20,22-4-2)9-17-11(13(16)19)6-8-25-24-7-5-10(14)12(15)18/h10-11,17H,3-9,14H2,1-2H3,(H2,15,18)(H2,16,19)/t10?,11-/m0/s1. The maximum absolute atomic E-state index is 12.4. The number of nitrogens with one attached hydrogen (secondary N) is 1. The summed E-state index contributed by atoms with van der Waals surface area (Å²) in [6.07, 6.45) is 0.886. The Bertz CT molecular complexity index is 448. The van der Waals surface area contributed by atoms with Crippen LogP contribution in [-0.2, 0) is 23.2 Å². The van der Waals surface area contributed by atoms with Gasteiger partial charge in [-0.2, -0.15) is 0 Å². The second-order valence-corrected chi connectivity index (χ2v) is 9.75. The lowest BCUT2D eigenvalue weighted by Crippen LogP contribution is -2.42. The van der Waals surface area contributed by atoms with Gasteiger partial charge in [-0.25, -0.2) is 0 Å². The lowest BCUT2D eigenvalue weighted by Gasteiger charge is -2.21. The molecule has 9 nitrogen and oxygen atoms in total. The van der Waals surface area contributed by atoms with Gasteiger partial charge in [0.05, 0.1) is 31.6 Å². The lowest BCUT2D eigenvalue weighted by atomic mass is 10.2. The molecule has 0 bridgehead atoms. The molecule has 2 atom stereocenters. The summed E-state index contributed by atoms with van der Waals surface area (Å²) >= 11 is 0. The van der Waals surface area contributed by atoms with Crippen LogP contribution in [0.3, 0.4) is 0 Å². The molecule has 0 aromatic carbocycles. The van der Waals surface area contributed by atoms with Gasteiger partial charge < -0.3 is 26.2 Å². The Morgan fingerprint density at radius 2 is 1.56 bits per heavy atom. The summed E-state index contributed by atoms with van der Waals surface area (Å²) < 4.78 is 22.7. The van der Waals surface area contributed by atoms with Crippen LogP contribution in [0.2, 0.25) is 0 Å². The Kier molecular flexibility index (Phi) is 13.7. The van der Waals surface area contributed by atoms with Crippen molar-refractivity contribution in [2.75, 3.05) is 31.0 Å². The SMILES string of the molecule is CCOP(=O)(CN[C@@H](CCSSCCC(N)C(N)=O)C(N)=O)OCC. The van der Waals surface area contributed by atoms with E-state index < -0.39 is 31.5 Å². The number of primary amides is 2. The van der Waals surface area contributed by atoms with Crippen LogP contribution in [0.4, 0.5) is 0 Å². The Hall–Kier alpha value is -0.290. The van der Waals surface area contributed by atoms with Gasteiger partial charge in [0.2, 0.25) is 11.8 Å². The van der Waals surface area contributed by atoms with Crippen LogP contribution >= 0.6 is 29.2 Å². The zero-order chi connectivity index (χ0) is 19.3. The minimum atomic E-state index is -3.27. The normalized spacial score (nSPS) is 14.2. The first-order valence-electron chi connectivity index (χ1n) is 7.95. The molecule has 25 heavy (non-hydrogen) atoms. The fourth-order valence-corrected chi connectivity index (χ4v) is 5.38. The van der Waals surface area contributed by atoms with Crippen molar-refractivity contribution >= 4 is 41.0 Å². The molecule has 0 spiro atoms. The van der Waals surface area contributed by atoms with Gasteiger partial charge in [-0.05, 0) is 26.7 Å². The largest absolute Gasteiger partial charge is 0.368 e. The molecular weight excluding hydrogens is 387 g/mol. The Labute approximate surface area is 156 Å². The molecular formula is C13H29N4O5PS2. The lowest BCUT2D eigenvalue weighted by molar-refractivity contribution is -0.120. The number of nitrogens with two attached hydrogens (primary N) is 3. The van der Waals surface area contributed by atoms with E-state index in [1.54, 1.807) is 13.8 Å². The van der Waals surface area contributed by atoms with Crippen molar-refractivity contribution in [1.29, 1.82) is 0 Å². The highest BCUT2D eigenvalue weighted by atomic mass is 33.1. The molecule has 7 N–H and O–H groups in total. The highest BCUT2D eigenvalue weighted by Crippen LogP contribution is 2.46. The van der Waals surface area contributed by atoms with Crippen molar-refractivity contribution in [1.82, 2.24) is 5.32 Å². The predicted octanol–water partition coefficient (Wildman–Crippen LogP) is 0.628. The number of hydrogen-bond acceptors (Lipinski definition) is 9. The molecule has 0 fully saturated rings. The van der Waals surface area contributed by atoms with Crippen molar-refractivity contribution < 1.29 is 23.2 Å². The molecule has 12 heteroatoms. The molecule has 0 rings (SSSR count). The van der Waals surface area contributed by atoms with Gasteiger partial charge in [-0.1, -0.05) is 21.6 Å². The molecule has 0 aromatic rings. The van der Waals surface area contributed by atoms with E-state index in [9.17, 15) is 14.2 Å². The van der Waals surface area contributed by atoms with Gasteiger partial charge in [-0.3, -0.25) is 19.5 Å². The minimum absolute atomic E-state index is 0.0758. The van der Waals surface area contributed by atoms with E-state index in [4.69, 9.17) is 26.2 Å². The van der Waals surface area contributed by atoms with Gasteiger partial charge >= 0.3 is 7.60 Å². The maximum Gasteiger partial charge on any atom is 0.344 e. The van der Waals surface area contributed by atoms with E-state index in [2.05, 4.69) is 5.32 Å². The number of amides is 2. The summed E-state index contributed by atoms with van der Waals surface area (Å²) in [4.78, 5) is 22.3. The third kappa shape index (κ3) is 11.8. The van der Waals surface area contributed by atoms with Crippen molar-refractivity contribution in [3.8, 4) is 0 Å². The molecule has 0 saturated carbocycles. The molecule has 0 heterocycles. The fraction of sp³-hybridized carbons (Fsp3) is 0.846. The molecule has 0 aliphatic rings. The molecule has 0 aromatic heterocycles. The van der Waals surface area contributed by atoms with Crippen LogP contribution in [0, 0.1) is 0 Å². The van der Waals surface area contributed by atoms with Gasteiger partial charge in [0.25, 0.3) is 0 Å². The van der Waals surface area contributed by atoms with E-state index in [0.29, 0.717) is 24.3 Å². The molecule has 0 aliphatic heterocycles. The molecule has 0 saturated heterocycles. The first-order chi connectivity index (χ1) is 11.8. The van der Waals surface area contributed by atoms with Gasteiger partial charge in [-0.15, -0.1) is 0 Å². The summed E-state index contributed by atoms with van der Waals surface area (Å²) in [7, 11) is -0.198. The summed E-state index contributed by atoms with van der Waals surface area (Å²) in [5.41, 5.74) is 16.0. The molecule has 2 amide bonds. The van der Waals surface area contributed by atoms with E-state index >= 15 is 0 Å². The van der Waals surface area contributed by atoms with Gasteiger partial charge in [0, 0.05) is 11.5 Å². The number of hydrogen-bond donors (Lipinski definition) is 4. The minimum Gasteiger partial charge on any atom is -0.368 e. The summed E-state index contributed by atoms with van der Waals surface area (Å²) in [5, 5.41) is 2.86. The quantitative estimate of drug-likeness (QED) is 0.161. The Morgan fingerprint density at radius 3 is 2.00 bits per heavy atom. The van der Waals surface area contributed by atoms with Crippen LogP contribution in [0.25, 0.3) is 0 Å². The van der Waals surface area contributed by atoms with Crippen LogP contribution < -0.4 is 22.5 Å². The molecule has 0 aliphatic carbocycles. The van der Waals surface area contributed by atoms with Gasteiger partial charge in [0.1, 0.15) is 0 Å². The number of rotatable bonds is 16. The molecule has 1 unspecified atom stereocenters. The predicted molar refractivity (Wildman–Crippen MR) is 103 cm³/mol. The monoisotopic (exact) mass is 416 g/mol. The average Bonchev–Trinajstić information content (AvgIpc) is 2.53. The second-order valence-electron chi connectivity index (χ2n) is 4.99. The highest BCUT2D eigenvalue weighted by Gasteiger charge is 2.26. The number of carbonyl (C=O) groups excluding carboxylic acids is 2. The zero-order valence-electron chi connectivity index (χ0n) is 14.6. The van der Waals surface area contributed by atoms with E-state index in [1.165, 1.54) is 21.6 Å². The van der Waals surface area contributed by atoms with E-state index in [-0.39, 0.29) is 19.5 Å². The van der Waals surface area contributed by atoms with Crippen LogP contribution in [0.1, 0.15) is 26.7 Å². The van der Waals surface area contributed by atoms with Crippen LogP contribution in [0.15, 0.2) is 0 Å². The number of carbonyl (C=O) groups is 2. The molecule has 0 radical (unpaired) electrons. The first kappa shape index (κ1) is 24.7. The fourth-order valence-electron chi connectivity index (χ4n) is 1.69. The van der Waals surface area contributed by atoms with E-state index in [1.807, 2.05) is 0 Å². The third-order valence-corrected chi connectivity index (χ3v) is 7.32. The Morgan fingerprint density at radius 1 is 1.04 bits per heavy atom. The van der Waals surface area contributed by atoms with Crippen molar-refractivity contribution in [3.05, 3.63) is 0 Å². The van der Waals surface area contributed by atoms with Crippen molar-refractivity contribution in [3.63, 3.8) is 0 Å². The van der Waals surface area contributed by atoms with Crippen LogP contribution in [-0.4, -0.2) is 54.9 Å². The summed E-state index contributed by atoms with van der Waals surface area (Å²) in [6.45, 7) is 3.94. The third-order valence-electron chi connectivity index (χ3n) is 2.98. The van der Waals surface area contributed by atoms with E-state index in [0.717, 1.165) is 0 Å². The van der Waals surface area contributed by atoms with Crippen LogP contribution in [0.5, 0.6) is 0 Å². The summed E-state index contributed by atoms with van der Waals surface area (Å²) in [6, 6.07) is -1.27. The highest BCUT2D eigenvalue weighted by molar-refractivity contribution is 8.76. The summed E-state index contributed by atoms with van der Waals surface area (Å²) in [5.74, 6) is 0.273.